The Morgan fingerprint density at radius 2 is 1.62 bits per heavy atom. The highest BCUT2D eigenvalue weighted by molar-refractivity contribution is 7.13. The van der Waals surface area contributed by atoms with Crippen LogP contribution in [0.3, 0.4) is 0 Å². The third kappa shape index (κ3) is 11.8. The molecule has 2 heterocycles. The molecule has 2 aromatic rings. The second kappa shape index (κ2) is 17.9. The largest absolute Gasteiger partial charge is 0.481 e. The van der Waals surface area contributed by atoms with Gasteiger partial charge in [0.2, 0.25) is 17.7 Å². The molecule has 1 aliphatic rings. The summed E-state index contributed by atoms with van der Waals surface area (Å²) in [6.45, 7) is 9.94. The summed E-state index contributed by atoms with van der Waals surface area (Å²) >= 11 is 1.59. The number of nitrogens with zero attached hydrogens (tertiary/aromatic N) is 2. The number of benzene rings is 1. The number of ether oxygens (including phenoxy) is 3. The molecule has 0 radical (unpaired) electrons. The summed E-state index contributed by atoms with van der Waals surface area (Å²) < 4.78 is 16.0. The molecule has 0 unspecified atom stereocenters. The predicted octanol–water partition coefficient (Wildman–Crippen LogP) is 3.17. The quantitative estimate of drug-likeness (QED) is 0.207. The van der Waals surface area contributed by atoms with Gasteiger partial charge < -0.3 is 34.9 Å². The van der Waals surface area contributed by atoms with E-state index >= 15 is 0 Å². The molecule has 0 aliphatic carbocycles. The van der Waals surface area contributed by atoms with Gasteiger partial charge in [-0.1, -0.05) is 45.0 Å². The first kappa shape index (κ1) is 36.1. The summed E-state index contributed by atoms with van der Waals surface area (Å²) in [5.41, 5.74) is 4.29. The second-order valence-electron chi connectivity index (χ2n) is 12.0. The minimum Gasteiger partial charge on any atom is -0.481 e. The van der Waals surface area contributed by atoms with Gasteiger partial charge in [0.25, 0.3) is 0 Å². The molecule has 45 heavy (non-hydrogen) atoms. The lowest BCUT2D eigenvalue weighted by atomic mass is 9.85. The molecule has 12 nitrogen and oxygen atoms in total. The highest BCUT2D eigenvalue weighted by atomic mass is 32.1. The first-order chi connectivity index (χ1) is 21.5. The van der Waals surface area contributed by atoms with Crippen molar-refractivity contribution in [3.63, 3.8) is 0 Å². The highest BCUT2D eigenvalue weighted by Crippen LogP contribution is 2.28. The van der Waals surface area contributed by atoms with Crippen LogP contribution in [-0.4, -0.2) is 97.0 Å². The smallest absolute Gasteiger partial charge is 0.305 e. The maximum Gasteiger partial charge on any atom is 0.305 e. The number of hydrogen-bond acceptors (Lipinski definition) is 9. The Balaban J connectivity index is 1.42. The van der Waals surface area contributed by atoms with Gasteiger partial charge in [-0.2, -0.15) is 0 Å². The predicted molar refractivity (Wildman–Crippen MR) is 170 cm³/mol. The number of carboxylic acid groups (broad SMARTS) is 1. The molecule has 1 aromatic heterocycles. The summed E-state index contributed by atoms with van der Waals surface area (Å²) in [7, 11) is 0. The molecule has 3 rings (SSSR count). The zero-order valence-corrected chi connectivity index (χ0v) is 27.5. The van der Waals surface area contributed by atoms with E-state index in [1.54, 1.807) is 16.2 Å². The van der Waals surface area contributed by atoms with Crippen molar-refractivity contribution in [2.75, 3.05) is 46.2 Å². The van der Waals surface area contributed by atoms with E-state index < -0.39 is 23.5 Å². The molecule has 13 heteroatoms. The Morgan fingerprint density at radius 3 is 2.20 bits per heavy atom. The molecule has 0 saturated carbocycles. The van der Waals surface area contributed by atoms with Crippen LogP contribution in [0.1, 0.15) is 57.7 Å². The van der Waals surface area contributed by atoms with Crippen molar-refractivity contribution in [2.45, 2.75) is 72.0 Å². The maximum absolute atomic E-state index is 13.7. The van der Waals surface area contributed by atoms with Gasteiger partial charge in [0.05, 0.1) is 62.1 Å². The van der Waals surface area contributed by atoms with E-state index in [-0.39, 0.29) is 50.4 Å². The number of amides is 3. The van der Waals surface area contributed by atoms with Crippen molar-refractivity contribution < 1.29 is 38.5 Å². The number of carboxylic acids is 1. The molecule has 0 spiro atoms. The van der Waals surface area contributed by atoms with E-state index in [9.17, 15) is 19.2 Å². The Morgan fingerprint density at radius 1 is 1.00 bits per heavy atom. The number of aromatic nitrogens is 1. The van der Waals surface area contributed by atoms with Crippen LogP contribution >= 0.6 is 11.3 Å². The fourth-order valence-electron chi connectivity index (χ4n) is 4.88. The average Bonchev–Trinajstić information content (AvgIpc) is 3.66. The normalized spacial score (nSPS) is 15.6. The monoisotopic (exact) mass is 646 g/mol. The van der Waals surface area contributed by atoms with Gasteiger partial charge in [0, 0.05) is 19.5 Å². The summed E-state index contributed by atoms with van der Waals surface area (Å²) in [4.78, 5) is 57.1. The Labute approximate surface area is 268 Å². The van der Waals surface area contributed by atoms with E-state index in [0.717, 1.165) is 21.7 Å². The zero-order valence-electron chi connectivity index (χ0n) is 26.6. The SMILES string of the molecule is Cc1ncsc1-c1ccc(CNC(=O)[C@@H]2CCCN2C(=O)[C@@H](NC(=O)CCOCCOCCOCCC(=O)O)C(C)(C)C)cc1. The highest BCUT2D eigenvalue weighted by Gasteiger charge is 2.41. The van der Waals surface area contributed by atoms with Crippen LogP contribution in [0.5, 0.6) is 0 Å². The molecule has 3 N–H and O–H groups in total. The van der Waals surface area contributed by atoms with Gasteiger partial charge >= 0.3 is 5.97 Å². The van der Waals surface area contributed by atoms with Gasteiger partial charge in [-0.15, -0.1) is 11.3 Å². The first-order valence-electron chi connectivity index (χ1n) is 15.3. The first-order valence-corrected chi connectivity index (χ1v) is 16.2. The number of aliphatic carboxylic acids is 1. The number of nitrogens with one attached hydrogen (secondary N) is 2. The summed E-state index contributed by atoms with van der Waals surface area (Å²) in [5.74, 6) is -1.69. The topological polar surface area (TPSA) is 156 Å². The Bertz CT molecular complexity index is 1260. The number of rotatable bonds is 18. The van der Waals surface area contributed by atoms with Gasteiger partial charge in [-0.3, -0.25) is 19.2 Å². The second-order valence-corrected chi connectivity index (χ2v) is 12.8. The maximum atomic E-state index is 13.7. The van der Waals surface area contributed by atoms with Crippen molar-refractivity contribution in [3.05, 3.63) is 41.0 Å². The average molecular weight is 647 g/mol. The molecule has 1 aliphatic heterocycles. The number of thiazole rings is 1. The lowest BCUT2D eigenvalue weighted by Gasteiger charge is -2.35. The van der Waals surface area contributed by atoms with Crippen LogP contribution in [0.2, 0.25) is 0 Å². The fraction of sp³-hybridized carbons (Fsp3) is 0.594. The van der Waals surface area contributed by atoms with Crippen LogP contribution < -0.4 is 10.6 Å². The van der Waals surface area contributed by atoms with Crippen LogP contribution in [0.25, 0.3) is 10.4 Å². The van der Waals surface area contributed by atoms with E-state index in [0.29, 0.717) is 45.8 Å². The van der Waals surface area contributed by atoms with E-state index in [2.05, 4.69) is 15.6 Å². The molecule has 1 fully saturated rings. The third-order valence-electron chi connectivity index (χ3n) is 7.36. The summed E-state index contributed by atoms with van der Waals surface area (Å²) in [6.07, 6.45) is 1.30. The van der Waals surface area contributed by atoms with Crippen LogP contribution in [0.4, 0.5) is 0 Å². The van der Waals surface area contributed by atoms with Crippen LogP contribution in [0, 0.1) is 12.3 Å². The number of carbonyl (C=O) groups excluding carboxylic acids is 3. The van der Waals surface area contributed by atoms with Crippen molar-refractivity contribution in [1.82, 2.24) is 20.5 Å². The summed E-state index contributed by atoms with van der Waals surface area (Å²) in [5, 5.41) is 14.4. The molecule has 1 saturated heterocycles. The van der Waals surface area contributed by atoms with Crippen LogP contribution in [-0.2, 0) is 39.9 Å². The molecular weight excluding hydrogens is 600 g/mol. The van der Waals surface area contributed by atoms with E-state index in [1.165, 1.54) is 0 Å². The van der Waals surface area contributed by atoms with E-state index in [1.807, 2.05) is 57.5 Å². The van der Waals surface area contributed by atoms with Gasteiger partial charge in [0.15, 0.2) is 0 Å². The molecule has 2 atom stereocenters. The molecular formula is C32H46N4O8S. The van der Waals surface area contributed by atoms with Crippen molar-refractivity contribution in [2.24, 2.45) is 5.41 Å². The van der Waals surface area contributed by atoms with Gasteiger partial charge in [-0.05, 0) is 36.3 Å². The minimum absolute atomic E-state index is 0.0499. The van der Waals surface area contributed by atoms with E-state index in [4.69, 9.17) is 19.3 Å². The lowest BCUT2D eigenvalue weighted by Crippen LogP contribution is -2.57. The van der Waals surface area contributed by atoms with Crippen molar-refractivity contribution >= 4 is 35.0 Å². The zero-order chi connectivity index (χ0) is 32.8. The van der Waals surface area contributed by atoms with Crippen molar-refractivity contribution in [3.8, 4) is 10.4 Å². The standard InChI is InChI=1S/C32H46N4O8S/c1-22-28(45-21-34-22)24-9-7-23(8-10-24)20-33-30(40)25-6-5-13-36(25)31(41)29(32(2,3)4)35-26(37)11-14-42-16-18-44-19-17-43-15-12-27(38)39/h7-10,21,25,29H,5-6,11-20H2,1-4H3,(H,33,40)(H,35,37)(H,38,39)/t25-,29+/m0/s1. The van der Waals surface area contributed by atoms with Crippen molar-refractivity contribution in [1.29, 1.82) is 0 Å². The fourth-order valence-corrected chi connectivity index (χ4v) is 5.69. The van der Waals surface area contributed by atoms with Gasteiger partial charge in [0.1, 0.15) is 12.1 Å². The molecule has 0 bridgehead atoms. The Kier molecular flexibility index (Phi) is 14.4. The number of carbonyl (C=O) groups is 4. The molecule has 248 valence electrons. The minimum atomic E-state index is -0.911. The number of likely N-dealkylation sites (tertiary alicyclic amines) is 1. The number of hydrogen-bond donors (Lipinski definition) is 3. The summed E-state index contributed by atoms with van der Waals surface area (Å²) in [6, 6.07) is 6.62. The lowest BCUT2D eigenvalue weighted by molar-refractivity contribution is -0.144. The van der Waals surface area contributed by atoms with Crippen LogP contribution in [0.15, 0.2) is 29.8 Å². The Hall–Kier alpha value is -3.39. The van der Waals surface area contributed by atoms with Gasteiger partial charge in [-0.25, -0.2) is 4.98 Å². The molecule has 3 amide bonds. The third-order valence-corrected chi connectivity index (χ3v) is 8.34. The molecule has 1 aromatic carbocycles. The number of aryl methyl sites for hydroxylation is 1.